The Morgan fingerprint density at radius 1 is 1.12 bits per heavy atom. The number of aliphatic hydroxyl groups excluding tert-OH is 1. The first-order chi connectivity index (χ1) is 15.2. The molecular weight excluding hydrogens is 427 g/mol. The topological polar surface area (TPSA) is 85.7 Å². The molecule has 4 rings (SSSR count). The fourth-order valence-corrected chi connectivity index (χ4v) is 4.23. The number of allylic oxidation sites excluding steroid dienone is 2. The summed E-state index contributed by atoms with van der Waals surface area (Å²) < 4.78 is 50.5. The summed E-state index contributed by atoms with van der Waals surface area (Å²) >= 11 is 0. The van der Waals surface area contributed by atoms with Gasteiger partial charge in [-0.15, -0.1) is 0 Å². The summed E-state index contributed by atoms with van der Waals surface area (Å²) in [7, 11) is 1.41. The summed E-state index contributed by atoms with van der Waals surface area (Å²) in [4.78, 5) is 29.5. The second-order valence-corrected chi connectivity index (χ2v) is 7.79. The van der Waals surface area contributed by atoms with Gasteiger partial charge in [0, 0.05) is 17.4 Å². The van der Waals surface area contributed by atoms with Gasteiger partial charge >= 0.3 is 6.18 Å². The number of carbonyl (C=O) groups excluding carboxylic acids is 2. The van der Waals surface area contributed by atoms with Crippen LogP contribution in [0, 0.1) is 11.8 Å². The lowest BCUT2D eigenvalue weighted by atomic mass is 9.83. The molecule has 1 aromatic heterocycles. The van der Waals surface area contributed by atoms with Gasteiger partial charge in [-0.25, -0.2) is 4.98 Å². The number of aromatic nitrogens is 1. The number of halogens is 3. The number of pyridine rings is 1. The SMILES string of the molecule is COc1ccccc1OCc1nc(C(F)(F)F)ccc1C(=O)C1=C(O)C2CCC(C2)C1=O. The highest BCUT2D eigenvalue weighted by Crippen LogP contribution is 2.43. The van der Waals surface area contributed by atoms with Crippen molar-refractivity contribution in [3.63, 3.8) is 0 Å². The third kappa shape index (κ3) is 3.94. The van der Waals surface area contributed by atoms with Crippen LogP contribution in [0.4, 0.5) is 13.2 Å². The number of aliphatic hydroxyl groups is 1. The molecule has 0 amide bonds. The molecule has 1 aromatic carbocycles. The maximum Gasteiger partial charge on any atom is 0.433 e. The van der Waals surface area contributed by atoms with Crippen LogP contribution in [0.15, 0.2) is 47.7 Å². The van der Waals surface area contributed by atoms with Crippen LogP contribution in [-0.2, 0) is 17.6 Å². The number of Topliss-reactive ketones (excluding diaryl/α,β-unsaturated/α-hetero) is 2. The van der Waals surface area contributed by atoms with E-state index in [0.717, 1.165) is 6.07 Å². The minimum Gasteiger partial charge on any atom is -0.511 e. The summed E-state index contributed by atoms with van der Waals surface area (Å²) in [5, 5.41) is 10.5. The molecule has 1 heterocycles. The van der Waals surface area contributed by atoms with Crippen LogP contribution in [0.1, 0.15) is 41.0 Å². The number of hydrogen-bond donors (Lipinski definition) is 1. The van der Waals surface area contributed by atoms with E-state index in [9.17, 15) is 27.9 Å². The number of nitrogens with zero attached hydrogens (tertiary/aromatic N) is 1. The van der Waals surface area contributed by atoms with Crippen LogP contribution < -0.4 is 9.47 Å². The van der Waals surface area contributed by atoms with Crippen LogP contribution in [0.5, 0.6) is 11.5 Å². The van der Waals surface area contributed by atoms with Crippen molar-refractivity contribution < 1.29 is 37.3 Å². The highest BCUT2D eigenvalue weighted by molar-refractivity contribution is 6.28. The van der Waals surface area contributed by atoms with Crippen molar-refractivity contribution in [2.24, 2.45) is 11.8 Å². The number of ketones is 2. The number of alkyl halides is 3. The second-order valence-electron chi connectivity index (χ2n) is 7.79. The zero-order valence-corrected chi connectivity index (χ0v) is 17.1. The molecule has 2 unspecified atom stereocenters. The maximum atomic E-state index is 13.3. The van der Waals surface area contributed by atoms with Gasteiger partial charge in [0.15, 0.2) is 17.3 Å². The summed E-state index contributed by atoms with van der Waals surface area (Å²) in [6, 6.07) is 8.18. The Kier molecular flexibility index (Phi) is 5.66. The Hall–Kier alpha value is -3.36. The van der Waals surface area contributed by atoms with Crippen LogP contribution in [-0.4, -0.2) is 28.8 Å². The quantitative estimate of drug-likeness (QED) is 0.511. The largest absolute Gasteiger partial charge is 0.511 e. The smallest absolute Gasteiger partial charge is 0.433 e. The number of methoxy groups -OCH3 is 1. The maximum absolute atomic E-state index is 13.3. The van der Waals surface area contributed by atoms with E-state index in [1.165, 1.54) is 7.11 Å². The van der Waals surface area contributed by atoms with Gasteiger partial charge in [-0.1, -0.05) is 12.1 Å². The zero-order chi connectivity index (χ0) is 23.0. The number of ether oxygens (including phenoxy) is 2. The minimum absolute atomic E-state index is 0.218. The van der Waals surface area contributed by atoms with Gasteiger partial charge in [0.2, 0.25) is 5.78 Å². The molecule has 0 spiro atoms. The average molecular weight is 447 g/mol. The van der Waals surface area contributed by atoms with E-state index in [1.54, 1.807) is 24.3 Å². The van der Waals surface area contributed by atoms with E-state index < -0.39 is 30.0 Å². The van der Waals surface area contributed by atoms with Crippen LogP contribution in [0.25, 0.3) is 0 Å². The van der Waals surface area contributed by atoms with E-state index in [4.69, 9.17) is 9.47 Å². The summed E-state index contributed by atoms with van der Waals surface area (Å²) in [6.07, 6.45) is -3.09. The van der Waals surface area contributed by atoms with Crippen LogP contribution in [0.3, 0.4) is 0 Å². The molecule has 1 N–H and O–H groups in total. The lowest BCUT2D eigenvalue weighted by molar-refractivity contribution is -0.141. The molecule has 32 heavy (non-hydrogen) atoms. The van der Waals surface area contributed by atoms with Crippen molar-refractivity contribution in [2.75, 3.05) is 7.11 Å². The monoisotopic (exact) mass is 447 g/mol. The molecule has 2 aliphatic rings. The Morgan fingerprint density at radius 2 is 1.81 bits per heavy atom. The molecule has 2 aliphatic carbocycles. The molecule has 9 heteroatoms. The molecule has 2 bridgehead atoms. The van der Waals surface area contributed by atoms with E-state index >= 15 is 0 Å². The summed E-state index contributed by atoms with van der Waals surface area (Å²) in [5.41, 5.74) is -2.06. The van der Waals surface area contributed by atoms with E-state index in [2.05, 4.69) is 4.98 Å². The van der Waals surface area contributed by atoms with Gasteiger partial charge in [-0.05, 0) is 43.5 Å². The zero-order valence-electron chi connectivity index (χ0n) is 17.1. The van der Waals surface area contributed by atoms with Crippen molar-refractivity contribution in [1.82, 2.24) is 4.98 Å². The summed E-state index contributed by atoms with van der Waals surface area (Å²) in [5.74, 6) is -1.64. The second kappa shape index (κ2) is 8.29. The Balaban J connectivity index is 1.72. The fourth-order valence-electron chi connectivity index (χ4n) is 4.23. The third-order valence-corrected chi connectivity index (χ3v) is 5.86. The van der Waals surface area contributed by atoms with Crippen LogP contribution in [0.2, 0.25) is 0 Å². The highest BCUT2D eigenvalue weighted by Gasteiger charge is 2.44. The molecule has 2 aromatic rings. The molecule has 6 nitrogen and oxygen atoms in total. The first-order valence-electron chi connectivity index (χ1n) is 10.1. The van der Waals surface area contributed by atoms with Gasteiger partial charge < -0.3 is 14.6 Å². The molecule has 0 aliphatic heterocycles. The van der Waals surface area contributed by atoms with Gasteiger partial charge in [0.25, 0.3) is 0 Å². The standard InChI is InChI=1S/C23H20F3NO5/c1-31-16-4-2-3-5-17(16)32-11-15-14(8-9-18(27-15)23(24,25)26)22(30)19-20(28)12-6-7-13(10-12)21(19)29/h2-5,8-9,12-13,28H,6-7,10-11H2,1H3. The van der Waals surface area contributed by atoms with E-state index in [0.29, 0.717) is 31.1 Å². The number of rotatable bonds is 6. The van der Waals surface area contributed by atoms with Gasteiger partial charge in [0.1, 0.15) is 23.6 Å². The van der Waals surface area contributed by atoms with E-state index in [-0.39, 0.29) is 40.2 Å². The highest BCUT2D eigenvalue weighted by atomic mass is 19.4. The molecule has 0 saturated heterocycles. The van der Waals surface area contributed by atoms with Crippen LogP contribution >= 0.6 is 0 Å². The fraction of sp³-hybridized carbons (Fsp3) is 0.348. The number of para-hydroxylation sites is 2. The predicted molar refractivity (Wildman–Crippen MR) is 106 cm³/mol. The number of benzene rings is 1. The molecular formula is C23H20F3NO5. The Bertz CT molecular complexity index is 1110. The van der Waals surface area contributed by atoms with Crippen molar-refractivity contribution in [3.8, 4) is 11.5 Å². The van der Waals surface area contributed by atoms with Crippen molar-refractivity contribution in [2.45, 2.75) is 32.0 Å². The Labute approximate surface area is 181 Å². The molecule has 0 radical (unpaired) electrons. The van der Waals surface area contributed by atoms with Gasteiger partial charge in [-0.3, -0.25) is 9.59 Å². The molecule has 1 saturated carbocycles. The first-order valence-corrected chi connectivity index (χ1v) is 10.1. The minimum atomic E-state index is -4.73. The van der Waals surface area contributed by atoms with Gasteiger partial charge in [0.05, 0.1) is 12.8 Å². The number of fused-ring (bicyclic) bond motifs is 2. The molecule has 1 fully saturated rings. The van der Waals surface area contributed by atoms with Gasteiger partial charge in [-0.2, -0.15) is 13.2 Å². The van der Waals surface area contributed by atoms with E-state index in [1.807, 2.05) is 0 Å². The lowest BCUT2D eigenvalue weighted by Crippen LogP contribution is -2.28. The normalized spacial score (nSPS) is 20.4. The van der Waals surface area contributed by atoms with Crippen molar-refractivity contribution in [1.29, 1.82) is 0 Å². The Morgan fingerprint density at radius 3 is 2.50 bits per heavy atom. The van der Waals surface area contributed by atoms with Crippen molar-refractivity contribution in [3.05, 3.63) is 64.7 Å². The lowest BCUT2D eigenvalue weighted by Gasteiger charge is -2.21. The van der Waals surface area contributed by atoms with Crippen molar-refractivity contribution >= 4 is 11.6 Å². The predicted octanol–water partition coefficient (Wildman–Crippen LogP) is 4.68. The summed E-state index contributed by atoms with van der Waals surface area (Å²) in [6.45, 7) is -0.472. The number of hydrogen-bond acceptors (Lipinski definition) is 6. The third-order valence-electron chi connectivity index (χ3n) is 5.86. The number of carbonyl (C=O) groups is 2. The average Bonchev–Trinajstić information content (AvgIpc) is 3.23. The molecule has 168 valence electrons. The molecule has 2 atom stereocenters. The first kappa shape index (κ1) is 21.9.